The van der Waals surface area contributed by atoms with Crippen LogP contribution in [0.15, 0.2) is 30.5 Å². The largest absolute Gasteiger partial charge is 0.349 e. The minimum absolute atomic E-state index is 0.0369. The van der Waals surface area contributed by atoms with Crippen molar-refractivity contribution < 1.29 is 4.79 Å². The zero-order chi connectivity index (χ0) is 16.3. The van der Waals surface area contributed by atoms with Crippen molar-refractivity contribution in [1.29, 1.82) is 0 Å². The molecule has 118 valence electrons. The fourth-order valence-electron chi connectivity index (χ4n) is 2.41. The molecule has 4 nitrogen and oxygen atoms in total. The van der Waals surface area contributed by atoms with Gasteiger partial charge in [-0.25, -0.2) is 4.68 Å². The predicted molar refractivity (Wildman–Crippen MR) is 89.1 cm³/mol. The molecule has 2 atom stereocenters. The number of carbonyl (C=O) groups excluding carboxylic acids is 1. The van der Waals surface area contributed by atoms with Gasteiger partial charge in [0.1, 0.15) is 0 Å². The SMILES string of the molecule is CC[C@@H](C)C(=O)N[C@@H](C)c1cnn(-c2ccc(C)cc2)c1C. The molecule has 22 heavy (non-hydrogen) atoms. The third kappa shape index (κ3) is 3.38. The molecule has 0 bridgehead atoms. The summed E-state index contributed by atoms with van der Waals surface area (Å²) in [4.78, 5) is 12.0. The van der Waals surface area contributed by atoms with Gasteiger partial charge in [0.05, 0.1) is 17.9 Å². The van der Waals surface area contributed by atoms with E-state index >= 15 is 0 Å². The van der Waals surface area contributed by atoms with Crippen molar-refractivity contribution in [3.8, 4) is 5.69 Å². The summed E-state index contributed by atoms with van der Waals surface area (Å²) in [7, 11) is 0. The lowest BCUT2D eigenvalue weighted by atomic mass is 10.1. The number of rotatable bonds is 5. The van der Waals surface area contributed by atoms with E-state index in [2.05, 4.69) is 41.6 Å². The predicted octanol–water partition coefficient (Wildman–Crippen LogP) is 3.71. The Hall–Kier alpha value is -2.10. The van der Waals surface area contributed by atoms with Crippen LogP contribution < -0.4 is 5.32 Å². The Kier molecular flexibility index (Phi) is 5.01. The molecule has 0 spiro atoms. The van der Waals surface area contributed by atoms with E-state index in [-0.39, 0.29) is 17.9 Å². The van der Waals surface area contributed by atoms with Crippen LogP contribution in [0.25, 0.3) is 5.69 Å². The second-order valence-electron chi connectivity index (χ2n) is 5.97. The molecule has 0 saturated carbocycles. The highest BCUT2D eigenvalue weighted by Gasteiger charge is 2.18. The molecule has 1 N–H and O–H groups in total. The summed E-state index contributed by atoms with van der Waals surface area (Å²) < 4.78 is 1.92. The van der Waals surface area contributed by atoms with Crippen LogP contribution in [0.3, 0.4) is 0 Å². The van der Waals surface area contributed by atoms with Crippen LogP contribution in [0, 0.1) is 19.8 Å². The quantitative estimate of drug-likeness (QED) is 0.914. The van der Waals surface area contributed by atoms with Gasteiger partial charge < -0.3 is 5.32 Å². The molecule has 1 heterocycles. The van der Waals surface area contributed by atoms with Gasteiger partial charge in [0, 0.05) is 17.2 Å². The molecular formula is C18H25N3O. The van der Waals surface area contributed by atoms with Crippen molar-refractivity contribution in [2.75, 3.05) is 0 Å². The van der Waals surface area contributed by atoms with E-state index in [9.17, 15) is 4.79 Å². The second-order valence-corrected chi connectivity index (χ2v) is 5.97. The molecule has 2 aromatic rings. The van der Waals surface area contributed by atoms with E-state index in [0.29, 0.717) is 0 Å². The summed E-state index contributed by atoms with van der Waals surface area (Å²) in [5, 5.41) is 7.54. The highest BCUT2D eigenvalue weighted by molar-refractivity contribution is 5.78. The maximum absolute atomic E-state index is 12.0. The maximum Gasteiger partial charge on any atom is 0.223 e. The summed E-state index contributed by atoms with van der Waals surface area (Å²) in [5.41, 5.74) is 4.37. The van der Waals surface area contributed by atoms with Crippen molar-refractivity contribution in [1.82, 2.24) is 15.1 Å². The highest BCUT2D eigenvalue weighted by atomic mass is 16.1. The monoisotopic (exact) mass is 299 g/mol. The lowest BCUT2D eigenvalue weighted by molar-refractivity contribution is -0.125. The fourth-order valence-corrected chi connectivity index (χ4v) is 2.41. The molecule has 1 aromatic carbocycles. The van der Waals surface area contributed by atoms with Crippen LogP contribution in [0.4, 0.5) is 0 Å². The minimum Gasteiger partial charge on any atom is -0.349 e. The molecule has 0 saturated heterocycles. The van der Waals surface area contributed by atoms with Crippen molar-refractivity contribution in [2.45, 2.75) is 47.1 Å². The average molecular weight is 299 g/mol. The first-order chi connectivity index (χ1) is 10.4. The summed E-state index contributed by atoms with van der Waals surface area (Å²) in [6.07, 6.45) is 2.69. The van der Waals surface area contributed by atoms with E-state index in [1.54, 1.807) is 0 Å². The average Bonchev–Trinajstić information content (AvgIpc) is 2.89. The van der Waals surface area contributed by atoms with E-state index in [4.69, 9.17) is 0 Å². The Morgan fingerprint density at radius 3 is 2.45 bits per heavy atom. The first-order valence-corrected chi connectivity index (χ1v) is 7.86. The topological polar surface area (TPSA) is 46.9 Å². The lowest BCUT2D eigenvalue weighted by Gasteiger charge is -2.17. The molecular weight excluding hydrogens is 274 g/mol. The Balaban J connectivity index is 2.20. The first-order valence-electron chi connectivity index (χ1n) is 7.86. The number of nitrogens with zero attached hydrogens (tertiary/aromatic N) is 2. The smallest absolute Gasteiger partial charge is 0.223 e. The van der Waals surface area contributed by atoms with Gasteiger partial charge in [-0.1, -0.05) is 31.5 Å². The van der Waals surface area contributed by atoms with Crippen molar-refractivity contribution in [3.05, 3.63) is 47.3 Å². The van der Waals surface area contributed by atoms with Crippen LogP contribution in [-0.4, -0.2) is 15.7 Å². The van der Waals surface area contributed by atoms with Crippen LogP contribution >= 0.6 is 0 Å². The van der Waals surface area contributed by atoms with Gasteiger partial charge in [0.25, 0.3) is 0 Å². The molecule has 1 aromatic heterocycles. The highest BCUT2D eigenvalue weighted by Crippen LogP contribution is 2.21. The molecule has 0 aliphatic heterocycles. The molecule has 4 heteroatoms. The number of carbonyl (C=O) groups is 1. The van der Waals surface area contributed by atoms with Crippen LogP contribution in [0.5, 0.6) is 0 Å². The standard InChI is InChI=1S/C18H25N3O/c1-6-13(3)18(22)20-14(4)17-11-19-21(15(17)5)16-9-7-12(2)8-10-16/h7-11,13-14H,6H2,1-5H3,(H,20,22)/t13-,14+/m1/s1. The van der Waals surface area contributed by atoms with E-state index in [0.717, 1.165) is 23.4 Å². The third-order valence-electron chi connectivity index (χ3n) is 4.21. The maximum atomic E-state index is 12.0. The number of hydrogen-bond acceptors (Lipinski definition) is 2. The van der Waals surface area contributed by atoms with Crippen LogP contribution in [0.2, 0.25) is 0 Å². The Morgan fingerprint density at radius 2 is 1.86 bits per heavy atom. The molecule has 2 rings (SSSR count). The van der Waals surface area contributed by atoms with Gasteiger partial charge >= 0.3 is 0 Å². The third-order valence-corrected chi connectivity index (χ3v) is 4.21. The number of hydrogen-bond donors (Lipinski definition) is 1. The summed E-state index contributed by atoms with van der Waals surface area (Å²) >= 11 is 0. The Bertz CT molecular complexity index is 643. The summed E-state index contributed by atoms with van der Waals surface area (Å²) in [6, 6.07) is 8.22. The Labute approximate surface area is 132 Å². The Morgan fingerprint density at radius 1 is 1.23 bits per heavy atom. The number of aromatic nitrogens is 2. The lowest BCUT2D eigenvalue weighted by Crippen LogP contribution is -2.31. The molecule has 1 amide bonds. The number of amides is 1. The molecule has 0 aliphatic carbocycles. The molecule has 0 fully saturated rings. The van der Waals surface area contributed by atoms with Gasteiger partial charge in [0.15, 0.2) is 0 Å². The normalized spacial score (nSPS) is 13.7. The van der Waals surface area contributed by atoms with Crippen molar-refractivity contribution in [3.63, 3.8) is 0 Å². The van der Waals surface area contributed by atoms with Crippen LogP contribution in [0.1, 0.15) is 50.1 Å². The molecule has 0 unspecified atom stereocenters. The zero-order valence-electron chi connectivity index (χ0n) is 14.1. The van der Waals surface area contributed by atoms with Crippen LogP contribution in [-0.2, 0) is 4.79 Å². The van der Waals surface area contributed by atoms with E-state index < -0.39 is 0 Å². The second kappa shape index (κ2) is 6.77. The number of benzene rings is 1. The number of aryl methyl sites for hydroxylation is 1. The molecule has 0 radical (unpaired) electrons. The van der Waals surface area contributed by atoms with Gasteiger partial charge in [-0.15, -0.1) is 0 Å². The first kappa shape index (κ1) is 16.3. The van der Waals surface area contributed by atoms with E-state index in [1.165, 1.54) is 5.56 Å². The van der Waals surface area contributed by atoms with Gasteiger partial charge in [-0.3, -0.25) is 4.79 Å². The van der Waals surface area contributed by atoms with Gasteiger partial charge in [0.2, 0.25) is 5.91 Å². The zero-order valence-corrected chi connectivity index (χ0v) is 14.1. The van der Waals surface area contributed by atoms with E-state index in [1.807, 2.05) is 38.6 Å². The number of nitrogens with one attached hydrogen (secondary N) is 1. The fraction of sp³-hybridized carbons (Fsp3) is 0.444. The van der Waals surface area contributed by atoms with Crippen molar-refractivity contribution in [2.24, 2.45) is 5.92 Å². The summed E-state index contributed by atoms with van der Waals surface area (Å²) in [6.45, 7) is 10.1. The van der Waals surface area contributed by atoms with Gasteiger partial charge in [-0.05, 0) is 39.3 Å². The van der Waals surface area contributed by atoms with Crippen molar-refractivity contribution >= 4 is 5.91 Å². The van der Waals surface area contributed by atoms with Gasteiger partial charge in [-0.2, -0.15) is 5.10 Å². The summed E-state index contributed by atoms with van der Waals surface area (Å²) in [5.74, 6) is 0.132. The minimum atomic E-state index is -0.0410. The molecule has 0 aliphatic rings.